The molecular weight excluding hydrogens is 242 g/mol. The predicted octanol–water partition coefficient (Wildman–Crippen LogP) is -1.27. The molecule has 1 aliphatic rings. The Morgan fingerprint density at radius 1 is 1.50 bits per heavy atom. The molecule has 1 aliphatic heterocycles. The zero-order valence-corrected chi connectivity index (χ0v) is 9.09. The third kappa shape index (κ3) is 2.41. The van der Waals surface area contributed by atoms with Crippen molar-refractivity contribution in [1.82, 2.24) is 14.8 Å². The largest absolute Gasteiger partial charge is 0.394 e. The summed E-state index contributed by atoms with van der Waals surface area (Å²) < 4.78 is 6.37. The van der Waals surface area contributed by atoms with Crippen LogP contribution < -0.4 is 0 Å². The fourth-order valence-corrected chi connectivity index (χ4v) is 1.66. The molecule has 3 N–H and O–H groups in total. The van der Waals surface area contributed by atoms with Crippen LogP contribution in [0.1, 0.15) is 31.2 Å². The van der Waals surface area contributed by atoms with Crippen LogP contribution in [0, 0.1) is 0 Å². The summed E-state index contributed by atoms with van der Waals surface area (Å²) in [6.07, 6.45) is -3.02. The number of carbonyl (C=O) groups is 1. The average molecular weight is 259 g/mol. The van der Waals surface area contributed by atoms with E-state index in [1.807, 2.05) is 0 Å². The van der Waals surface area contributed by atoms with Gasteiger partial charge in [0, 0.05) is 6.92 Å². The van der Waals surface area contributed by atoms with Crippen molar-refractivity contribution in [3.05, 3.63) is 12.2 Å². The summed E-state index contributed by atoms with van der Waals surface area (Å²) in [6, 6.07) is 0. The zero-order valence-electron chi connectivity index (χ0n) is 9.09. The fourth-order valence-electron chi connectivity index (χ4n) is 1.66. The molecule has 2 heterocycles. The van der Waals surface area contributed by atoms with Gasteiger partial charge >= 0.3 is 0 Å². The molecule has 1 fully saturated rings. The number of aromatic nitrogens is 3. The average Bonchev–Trinajstić information content (AvgIpc) is 2.87. The van der Waals surface area contributed by atoms with Crippen molar-refractivity contribution in [2.45, 2.75) is 38.9 Å². The number of aliphatic hydroxyl groups excluding tert-OH is 3. The maximum atomic E-state index is 11.0. The Labute approximate surface area is 104 Å². The lowest BCUT2D eigenvalue weighted by molar-refractivity contribution is -0.0588. The Morgan fingerprint density at radius 2 is 2.17 bits per heavy atom. The molecule has 0 spiro atoms. The van der Waals surface area contributed by atoms with Gasteiger partial charge in [0.25, 0.3) is 0 Å². The summed E-state index contributed by atoms with van der Waals surface area (Å²) in [7, 11) is 0. The second kappa shape index (κ2) is 5.53. The SMILES string of the molecule is C.CC(=O)c1ncn(C2OC(CO)C(O)C2O)n1. The Balaban J connectivity index is 0.00000162. The predicted molar refractivity (Wildman–Crippen MR) is 59.8 cm³/mol. The number of Topliss-reactive ketones (excluding diaryl/α,β-unsaturated/α-hetero) is 1. The maximum absolute atomic E-state index is 11.0. The number of hydrogen-bond acceptors (Lipinski definition) is 7. The van der Waals surface area contributed by atoms with Crippen LogP contribution in [0.4, 0.5) is 0 Å². The van der Waals surface area contributed by atoms with Gasteiger partial charge in [-0.15, -0.1) is 5.10 Å². The van der Waals surface area contributed by atoms with E-state index >= 15 is 0 Å². The molecule has 0 saturated carbocycles. The smallest absolute Gasteiger partial charge is 0.217 e. The first-order chi connectivity index (χ1) is 8.04. The number of nitrogens with zero attached hydrogens (tertiary/aromatic N) is 3. The van der Waals surface area contributed by atoms with Crippen LogP contribution in [-0.4, -0.2) is 60.8 Å². The van der Waals surface area contributed by atoms with Gasteiger partial charge in [0.05, 0.1) is 6.61 Å². The van der Waals surface area contributed by atoms with Gasteiger partial charge in [0.15, 0.2) is 12.0 Å². The Kier molecular flexibility index (Phi) is 4.52. The summed E-state index contributed by atoms with van der Waals surface area (Å²) >= 11 is 0. The normalized spacial score (nSPS) is 31.1. The first-order valence-electron chi connectivity index (χ1n) is 5.09. The second-order valence-electron chi connectivity index (χ2n) is 3.83. The molecule has 4 atom stereocenters. The van der Waals surface area contributed by atoms with Gasteiger partial charge in [-0.1, -0.05) is 7.43 Å². The summed E-state index contributed by atoms with van der Waals surface area (Å²) in [5, 5.41) is 32.0. The summed E-state index contributed by atoms with van der Waals surface area (Å²) in [4.78, 5) is 14.7. The van der Waals surface area contributed by atoms with Crippen LogP contribution in [0.3, 0.4) is 0 Å². The number of rotatable bonds is 3. The molecule has 0 amide bonds. The molecule has 0 aromatic carbocycles. The van der Waals surface area contributed by atoms with Gasteiger partial charge < -0.3 is 20.1 Å². The van der Waals surface area contributed by atoms with E-state index in [9.17, 15) is 15.0 Å². The molecule has 102 valence electrons. The molecule has 8 nitrogen and oxygen atoms in total. The highest BCUT2D eigenvalue weighted by molar-refractivity contribution is 5.89. The second-order valence-corrected chi connectivity index (χ2v) is 3.83. The molecule has 18 heavy (non-hydrogen) atoms. The molecule has 0 aliphatic carbocycles. The number of carbonyl (C=O) groups excluding carboxylic acids is 1. The standard InChI is InChI=1S/C9H13N3O5.CH4/c1-4(14)8-10-3-12(11-8)9-7(16)6(15)5(2-13)17-9;/h3,5-7,9,13,15-16H,2H2,1H3;1H4. The van der Waals surface area contributed by atoms with Gasteiger partial charge in [0.2, 0.25) is 5.82 Å². The van der Waals surface area contributed by atoms with Crippen molar-refractivity contribution in [1.29, 1.82) is 0 Å². The number of aliphatic hydroxyl groups is 3. The third-order valence-electron chi connectivity index (χ3n) is 2.60. The molecule has 1 saturated heterocycles. The molecule has 1 aromatic heterocycles. The summed E-state index contributed by atoms with van der Waals surface area (Å²) in [5.41, 5.74) is 0. The molecule has 1 aromatic rings. The number of ether oxygens (including phenoxy) is 1. The highest BCUT2D eigenvalue weighted by Gasteiger charge is 2.43. The van der Waals surface area contributed by atoms with Crippen molar-refractivity contribution in [3.63, 3.8) is 0 Å². The van der Waals surface area contributed by atoms with Crippen molar-refractivity contribution in [2.24, 2.45) is 0 Å². The lowest BCUT2D eigenvalue weighted by Crippen LogP contribution is -2.33. The molecule has 4 unspecified atom stereocenters. The van der Waals surface area contributed by atoms with E-state index in [-0.39, 0.29) is 19.0 Å². The van der Waals surface area contributed by atoms with E-state index in [0.29, 0.717) is 0 Å². The monoisotopic (exact) mass is 259 g/mol. The van der Waals surface area contributed by atoms with Gasteiger partial charge in [-0.3, -0.25) is 4.79 Å². The van der Waals surface area contributed by atoms with E-state index in [2.05, 4.69) is 10.1 Å². The molecule has 0 radical (unpaired) electrons. The molecule has 0 bridgehead atoms. The Morgan fingerprint density at radius 3 is 2.61 bits per heavy atom. The quantitative estimate of drug-likeness (QED) is 0.579. The van der Waals surface area contributed by atoms with Crippen LogP contribution in [0.2, 0.25) is 0 Å². The van der Waals surface area contributed by atoms with Crippen molar-refractivity contribution in [3.8, 4) is 0 Å². The summed E-state index contributed by atoms with van der Waals surface area (Å²) in [5.74, 6) is -0.307. The molecule has 8 heteroatoms. The minimum absolute atomic E-state index is 0. The Hall–Kier alpha value is -1.35. The van der Waals surface area contributed by atoms with Gasteiger partial charge in [-0.25, -0.2) is 9.67 Å². The van der Waals surface area contributed by atoms with Gasteiger partial charge in [-0.2, -0.15) is 0 Å². The van der Waals surface area contributed by atoms with Crippen LogP contribution >= 0.6 is 0 Å². The van der Waals surface area contributed by atoms with Crippen LogP contribution in [0.5, 0.6) is 0 Å². The van der Waals surface area contributed by atoms with Crippen molar-refractivity contribution < 1.29 is 24.9 Å². The number of ketones is 1. The maximum Gasteiger partial charge on any atom is 0.217 e. The zero-order chi connectivity index (χ0) is 12.6. The van der Waals surface area contributed by atoms with Gasteiger partial charge in [0.1, 0.15) is 24.6 Å². The van der Waals surface area contributed by atoms with E-state index in [1.165, 1.54) is 13.3 Å². The molecular formula is C10H17N3O5. The molecule has 2 rings (SSSR count). The lowest BCUT2D eigenvalue weighted by Gasteiger charge is -2.13. The fraction of sp³-hybridized carbons (Fsp3) is 0.700. The van der Waals surface area contributed by atoms with Crippen LogP contribution in [0.25, 0.3) is 0 Å². The first kappa shape index (κ1) is 14.7. The highest BCUT2D eigenvalue weighted by Crippen LogP contribution is 2.28. The highest BCUT2D eigenvalue weighted by atomic mass is 16.6. The summed E-state index contributed by atoms with van der Waals surface area (Å²) in [6.45, 7) is 0.903. The van der Waals surface area contributed by atoms with E-state index in [0.717, 1.165) is 4.68 Å². The Bertz CT molecular complexity index is 421. The van der Waals surface area contributed by atoms with Crippen LogP contribution in [-0.2, 0) is 4.74 Å². The van der Waals surface area contributed by atoms with E-state index in [4.69, 9.17) is 9.84 Å². The topological polar surface area (TPSA) is 118 Å². The third-order valence-corrected chi connectivity index (χ3v) is 2.60. The van der Waals surface area contributed by atoms with Crippen molar-refractivity contribution >= 4 is 5.78 Å². The first-order valence-corrected chi connectivity index (χ1v) is 5.09. The minimum Gasteiger partial charge on any atom is -0.394 e. The number of hydrogen-bond donors (Lipinski definition) is 3. The minimum atomic E-state index is -1.23. The lowest BCUT2D eigenvalue weighted by atomic mass is 10.1. The van der Waals surface area contributed by atoms with E-state index in [1.54, 1.807) is 0 Å². The van der Waals surface area contributed by atoms with Gasteiger partial charge in [-0.05, 0) is 0 Å². The van der Waals surface area contributed by atoms with E-state index < -0.39 is 31.1 Å². The van der Waals surface area contributed by atoms with Crippen molar-refractivity contribution in [2.75, 3.05) is 6.61 Å². The van der Waals surface area contributed by atoms with Crippen LogP contribution in [0.15, 0.2) is 6.33 Å².